The molecular weight excluding hydrogens is 368 g/mol. The Morgan fingerprint density at radius 1 is 0.767 bits per heavy atom. The van der Waals surface area contributed by atoms with Crippen molar-refractivity contribution in [2.24, 2.45) is 0 Å². The van der Waals surface area contributed by atoms with Gasteiger partial charge >= 0.3 is 0 Å². The normalized spacial score (nSPS) is 11.2. The highest BCUT2D eigenvalue weighted by molar-refractivity contribution is 5.86. The van der Waals surface area contributed by atoms with Crippen LogP contribution in [-0.2, 0) is 13.0 Å². The molecule has 5 aromatic rings. The van der Waals surface area contributed by atoms with Gasteiger partial charge in [0.1, 0.15) is 5.82 Å². The van der Waals surface area contributed by atoms with Crippen LogP contribution in [-0.4, -0.2) is 9.55 Å². The SMILES string of the molecule is Cc1cccc2c(=O)n(Cc3ccccc3)c(Cc3cccc4ccccc34)nc12. The molecule has 0 aliphatic heterocycles. The van der Waals surface area contributed by atoms with Crippen molar-refractivity contribution in [1.82, 2.24) is 9.55 Å². The van der Waals surface area contributed by atoms with Gasteiger partial charge < -0.3 is 0 Å². The smallest absolute Gasteiger partial charge is 0.261 e. The number of hydrogen-bond acceptors (Lipinski definition) is 2. The number of aromatic nitrogens is 2. The third-order valence-corrected chi connectivity index (χ3v) is 5.68. The van der Waals surface area contributed by atoms with Gasteiger partial charge in [-0.05, 0) is 40.5 Å². The lowest BCUT2D eigenvalue weighted by Gasteiger charge is -2.15. The summed E-state index contributed by atoms with van der Waals surface area (Å²) < 4.78 is 1.83. The molecule has 30 heavy (non-hydrogen) atoms. The number of fused-ring (bicyclic) bond motifs is 2. The summed E-state index contributed by atoms with van der Waals surface area (Å²) in [4.78, 5) is 18.5. The summed E-state index contributed by atoms with van der Waals surface area (Å²) in [5.74, 6) is 0.794. The molecule has 0 N–H and O–H groups in total. The highest BCUT2D eigenvalue weighted by Gasteiger charge is 2.14. The molecule has 3 heteroatoms. The van der Waals surface area contributed by atoms with Gasteiger partial charge in [-0.25, -0.2) is 4.98 Å². The lowest BCUT2D eigenvalue weighted by atomic mass is 10.0. The van der Waals surface area contributed by atoms with Crippen molar-refractivity contribution in [3.05, 3.63) is 124 Å². The molecule has 0 saturated carbocycles. The molecule has 0 spiro atoms. The summed E-state index contributed by atoms with van der Waals surface area (Å²) in [6.45, 7) is 2.52. The minimum Gasteiger partial charge on any atom is -0.291 e. The van der Waals surface area contributed by atoms with E-state index in [0.29, 0.717) is 18.4 Å². The maximum atomic E-state index is 13.5. The first kappa shape index (κ1) is 18.3. The third kappa shape index (κ3) is 3.29. The summed E-state index contributed by atoms with van der Waals surface area (Å²) >= 11 is 0. The van der Waals surface area contributed by atoms with E-state index in [4.69, 9.17) is 4.98 Å². The fourth-order valence-corrected chi connectivity index (χ4v) is 4.11. The molecule has 0 fully saturated rings. The van der Waals surface area contributed by atoms with E-state index in [1.807, 2.05) is 47.9 Å². The third-order valence-electron chi connectivity index (χ3n) is 5.68. The van der Waals surface area contributed by atoms with E-state index in [2.05, 4.69) is 54.6 Å². The van der Waals surface area contributed by atoms with E-state index >= 15 is 0 Å². The summed E-state index contributed by atoms with van der Waals surface area (Å²) in [6, 6.07) is 30.6. The van der Waals surface area contributed by atoms with E-state index in [0.717, 1.165) is 22.5 Å². The maximum absolute atomic E-state index is 13.5. The van der Waals surface area contributed by atoms with Gasteiger partial charge in [-0.3, -0.25) is 9.36 Å². The molecule has 1 heterocycles. The fourth-order valence-electron chi connectivity index (χ4n) is 4.11. The van der Waals surface area contributed by atoms with E-state index < -0.39 is 0 Å². The quantitative estimate of drug-likeness (QED) is 0.406. The molecule has 3 nitrogen and oxygen atoms in total. The van der Waals surface area contributed by atoms with Crippen molar-refractivity contribution in [2.45, 2.75) is 19.9 Å². The van der Waals surface area contributed by atoms with Crippen LogP contribution in [0.1, 0.15) is 22.5 Å². The molecular formula is C27H22N2O. The highest BCUT2D eigenvalue weighted by Crippen LogP contribution is 2.22. The molecule has 0 aliphatic rings. The first-order valence-corrected chi connectivity index (χ1v) is 10.2. The molecule has 0 bridgehead atoms. The topological polar surface area (TPSA) is 34.9 Å². The Hall–Kier alpha value is -3.72. The summed E-state index contributed by atoms with van der Waals surface area (Å²) in [5, 5.41) is 3.07. The van der Waals surface area contributed by atoms with Gasteiger partial charge in [-0.2, -0.15) is 0 Å². The van der Waals surface area contributed by atoms with Gasteiger partial charge in [0.05, 0.1) is 17.4 Å². The van der Waals surface area contributed by atoms with Gasteiger partial charge in [0, 0.05) is 6.42 Å². The molecule has 0 atom stereocenters. The lowest BCUT2D eigenvalue weighted by Crippen LogP contribution is -2.26. The second-order valence-corrected chi connectivity index (χ2v) is 7.69. The second-order valence-electron chi connectivity index (χ2n) is 7.69. The number of para-hydroxylation sites is 1. The van der Waals surface area contributed by atoms with Crippen LogP contribution >= 0.6 is 0 Å². The molecule has 0 amide bonds. The van der Waals surface area contributed by atoms with Crippen LogP contribution in [0, 0.1) is 6.92 Å². The van der Waals surface area contributed by atoms with Gasteiger partial charge in [0.25, 0.3) is 5.56 Å². The molecule has 0 radical (unpaired) electrons. The van der Waals surface area contributed by atoms with Crippen molar-refractivity contribution in [3.63, 3.8) is 0 Å². The van der Waals surface area contributed by atoms with Crippen molar-refractivity contribution in [3.8, 4) is 0 Å². The van der Waals surface area contributed by atoms with Crippen LogP contribution in [0.15, 0.2) is 95.8 Å². The van der Waals surface area contributed by atoms with Crippen LogP contribution in [0.3, 0.4) is 0 Å². The summed E-state index contributed by atoms with van der Waals surface area (Å²) in [5.41, 5.74) is 4.10. The lowest BCUT2D eigenvalue weighted by molar-refractivity contribution is 0.694. The van der Waals surface area contributed by atoms with Gasteiger partial charge in [-0.1, -0.05) is 84.9 Å². The molecule has 1 aromatic heterocycles. The Morgan fingerprint density at radius 2 is 1.47 bits per heavy atom. The molecule has 0 aliphatic carbocycles. The number of aryl methyl sites for hydroxylation is 1. The van der Waals surface area contributed by atoms with Crippen molar-refractivity contribution in [2.75, 3.05) is 0 Å². The highest BCUT2D eigenvalue weighted by atomic mass is 16.1. The monoisotopic (exact) mass is 390 g/mol. The van der Waals surface area contributed by atoms with Crippen LogP contribution < -0.4 is 5.56 Å². The number of nitrogens with zero attached hydrogens (tertiary/aromatic N) is 2. The molecule has 0 unspecified atom stereocenters. The Kier molecular flexibility index (Phi) is 4.64. The summed E-state index contributed by atoms with van der Waals surface area (Å²) in [6.07, 6.45) is 0.605. The second kappa shape index (κ2) is 7.60. The predicted molar refractivity (Wildman–Crippen MR) is 123 cm³/mol. The van der Waals surface area contributed by atoms with E-state index in [1.165, 1.54) is 16.3 Å². The average Bonchev–Trinajstić information content (AvgIpc) is 2.78. The zero-order valence-corrected chi connectivity index (χ0v) is 16.9. The Labute approximate surface area is 175 Å². The van der Waals surface area contributed by atoms with Crippen molar-refractivity contribution < 1.29 is 0 Å². The van der Waals surface area contributed by atoms with Crippen molar-refractivity contribution >= 4 is 21.7 Å². The standard InChI is InChI=1S/C27H22N2O/c1-19-9-7-16-24-26(19)28-25(29(27(24)30)18-20-10-3-2-4-11-20)17-22-14-8-13-21-12-5-6-15-23(21)22/h2-16H,17-18H2,1H3. The Balaban J connectivity index is 1.72. The summed E-state index contributed by atoms with van der Waals surface area (Å²) in [7, 11) is 0. The average molecular weight is 390 g/mol. The molecule has 4 aromatic carbocycles. The molecule has 5 rings (SSSR count). The van der Waals surface area contributed by atoms with Gasteiger partial charge in [0.2, 0.25) is 0 Å². The van der Waals surface area contributed by atoms with Crippen LogP contribution in [0.25, 0.3) is 21.7 Å². The van der Waals surface area contributed by atoms with Crippen LogP contribution in [0.2, 0.25) is 0 Å². The Morgan fingerprint density at radius 3 is 2.33 bits per heavy atom. The zero-order valence-electron chi connectivity index (χ0n) is 16.9. The maximum Gasteiger partial charge on any atom is 0.261 e. The minimum absolute atomic E-state index is 0.0165. The van der Waals surface area contributed by atoms with Gasteiger partial charge in [0.15, 0.2) is 0 Å². The molecule has 0 saturated heterocycles. The number of benzene rings is 4. The molecule has 146 valence electrons. The predicted octanol–water partition coefficient (Wildman–Crippen LogP) is 5.50. The zero-order chi connectivity index (χ0) is 20.5. The minimum atomic E-state index is 0.0165. The van der Waals surface area contributed by atoms with E-state index in [-0.39, 0.29) is 5.56 Å². The number of rotatable bonds is 4. The fraction of sp³-hybridized carbons (Fsp3) is 0.111. The van der Waals surface area contributed by atoms with Crippen LogP contribution in [0.5, 0.6) is 0 Å². The van der Waals surface area contributed by atoms with Crippen LogP contribution in [0.4, 0.5) is 0 Å². The van der Waals surface area contributed by atoms with Crippen molar-refractivity contribution in [1.29, 1.82) is 0 Å². The largest absolute Gasteiger partial charge is 0.291 e. The Bertz CT molecular complexity index is 1410. The first-order chi connectivity index (χ1) is 14.7. The first-order valence-electron chi connectivity index (χ1n) is 10.2. The van der Waals surface area contributed by atoms with E-state index in [1.54, 1.807) is 0 Å². The van der Waals surface area contributed by atoms with E-state index in [9.17, 15) is 4.79 Å². The van der Waals surface area contributed by atoms with Gasteiger partial charge in [-0.15, -0.1) is 0 Å². The number of hydrogen-bond donors (Lipinski definition) is 0.